The van der Waals surface area contributed by atoms with Gasteiger partial charge in [-0.05, 0) is 51.8 Å². The number of benzene rings is 1. The molecule has 0 bridgehead atoms. The van der Waals surface area contributed by atoms with Gasteiger partial charge >= 0.3 is 18.0 Å². The van der Waals surface area contributed by atoms with Crippen LogP contribution < -0.4 is 0 Å². The van der Waals surface area contributed by atoms with Gasteiger partial charge in [-0.2, -0.15) is 0 Å². The summed E-state index contributed by atoms with van der Waals surface area (Å²) in [6.07, 6.45) is -3.99. The molecule has 0 spiro atoms. The summed E-state index contributed by atoms with van der Waals surface area (Å²) < 4.78 is 41.7. The largest absolute Gasteiger partial charge is 0.465 e. The van der Waals surface area contributed by atoms with Crippen LogP contribution in [0.2, 0.25) is 10.0 Å². The maximum atomic E-state index is 15.7. The lowest BCUT2D eigenvalue weighted by Crippen LogP contribution is -2.65. The van der Waals surface area contributed by atoms with E-state index < -0.39 is 47.2 Å². The van der Waals surface area contributed by atoms with Crippen molar-refractivity contribution >= 4 is 35.3 Å². The highest BCUT2D eigenvalue weighted by molar-refractivity contribution is 6.42. The minimum Gasteiger partial charge on any atom is -0.465 e. The number of aliphatic hydroxyl groups excluding tert-OH is 1. The van der Waals surface area contributed by atoms with E-state index in [4.69, 9.17) is 32.7 Å². The number of esters is 1. The molecule has 1 aromatic carbocycles. The van der Waals surface area contributed by atoms with Gasteiger partial charge in [0.1, 0.15) is 11.0 Å². The predicted molar refractivity (Wildman–Crippen MR) is 106 cm³/mol. The van der Waals surface area contributed by atoms with Gasteiger partial charge in [-0.25, -0.2) is 13.6 Å². The molecule has 1 heterocycles. The molecule has 1 aliphatic heterocycles. The third kappa shape index (κ3) is 3.24. The summed E-state index contributed by atoms with van der Waals surface area (Å²) >= 11 is 12.0. The predicted octanol–water partition coefficient (Wildman–Crippen LogP) is 4.39. The van der Waals surface area contributed by atoms with E-state index in [-0.39, 0.29) is 28.6 Å². The number of hydrogen-bond acceptors (Lipinski definition) is 5. The van der Waals surface area contributed by atoms with E-state index in [0.29, 0.717) is 4.90 Å². The minimum atomic E-state index is -3.90. The molecule has 166 valence electrons. The van der Waals surface area contributed by atoms with E-state index in [1.54, 1.807) is 27.7 Å². The van der Waals surface area contributed by atoms with Crippen LogP contribution in [0.3, 0.4) is 0 Å². The molecule has 1 saturated heterocycles. The summed E-state index contributed by atoms with van der Waals surface area (Å²) in [5.74, 6) is -4.78. The normalized spacial score (nSPS) is 29.8. The Kier molecular flexibility index (Phi) is 5.53. The van der Waals surface area contributed by atoms with Gasteiger partial charge in [-0.1, -0.05) is 29.3 Å². The molecule has 1 N–H and O–H groups in total. The van der Waals surface area contributed by atoms with Gasteiger partial charge < -0.3 is 14.6 Å². The fourth-order valence-electron chi connectivity index (χ4n) is 4.23. The zero-order chi connectivity index (χ0) is 22.7. The molecule has 6 nitrogen and oxygen atoms in total. The highest BCUT2D eigenvalue weighted by Crippen LogP contribution is 2.75. The van der Waals surface area contributed by atoms with Crippen molar-refractivity contribution in [2.24, 2.45) is 5.41 Å². The van der Waals surface area contributed by atoms with Crippen LogP contribution in [0.5, 0.6) is 0 Å². The lowest BCUT2D eigenvalue weighted by molar-refractivity contribution is -0.222. The summed E-state index contributed by atoms with van der Waals surface area (Å²) in [5, 5.41) is 10.7. The van der Waals surface area contributed by atoms with Crippen LogP contribution in [0.25, 0.3) is 0 Å². The topological polar surface area (TPSA) is 76.1 Å². The molecule has 30 heavy (non-hydrogen) atoms. The molecule has 2 fully saturated rings. The molecule has 3 atom stereocenters. The van der Waals surface area contributed by atoms with Crippen molar-refractivity contribution in [2.75, 3.05) is 13.2 Å². The second kappa shape index (κ2) is 7.21. The second-order valence-corrected chi connectivity index (χ2v) is 9.43. The average molecular weight is 466 g/mol. The molecule has 1 saturated carbocycles. The van der Waals surface area contributed by atoms with Gasteiger partial charge in [0.25, 0.3) is 0 Å². The first-order valence-electron chi connectivity index (χ1n) is 9.42. The Morgan fingerprint density at radius 3 is 2.43 bits per heavy atom. The summed E-state index contributed by atoms with van der Waals surface area (Å²) in [6.45, 7) is 5.74. The third-order valence-electron chi connectivity index (χ3n) is 5.59. The third-order valence-corrected chi connectivity index (χ3v) is 6.33. The smallest absolute Gasteiger partial charge is 0.412 e. The molecule has 3 rings (SSSR count). The number of hydrogen-bond donors (Lipinski definition) is 1. The van der Waals surface area contributed by atoms with Gasteiger partial charge in [-0.3, -0.25) is 9.69 Å². The maximum Gasteiger partial charge on any atom is 0.412 e. The van der Waals surface area contributed by atoms with Crippen molar-refractivity contribution in [3.8, 4) is 0 Å². The molecule has 3 unspecified atom stereocenters. The Morgan fingerprint density at radius 2 is 1.90 bits per heavy atom. The first-order chi connectivity index (χ1) is 13.7. The molecule has 0 aromatic heterocycles. The summed E-state index contributed by atoms with van der Waals surface area (Å²) in [7, 11) is 0. The number of carbonyl (C=O) groups is 2. The highest BCUT2D eigenvalue weighted by atomic mass is 35.5. The van der Waals surface area contributed by atoms with E-state index in [9.17, 15) is 14.7 Å². The fourth-order valence-corrected chi connectivity index (χ4v) is 4.53. The number of carbonyl (C=O) groups excluding carboxylic acids is 2. The van der Waals surface area contributed by atoms with E-state index >= 15 is 8.78 Å². The first kappa shape index (κ1) is 23.0. The number of rotatable bonds is 3. The number of nitrogens with zero attached hydrogens (tertiary/aromatic N) is 1. The number of ether oxygens (including phenoxy) is 2. The van der Waals surface area contributed by atoms with Gasteiger partial charge in [0.2, 0.25) is 0 Å². The van der Waals surface area contributed by atoms with Crippen LogP contribution in [0.1, 0.15) is 39.7 Å². The van der Waals surface area contributed by atoms with Crippen LogP contribution in [-0.2, 0) is 19.7 Å². The molecule has 1 aromatic rings. The molecule has 0 radical (unpaired) electrons. The number of likely N-dealkylation sites (tertiary alicyclic amines) is 1. The molecule has 10 heteroatoms. The molecule has 2 aliphatic rings. The second-order valence-electron chi connectivity index (χ2n) is 8.62. The Bertz CT molecular complexity index is 890. The zero-order valence-corrected chi connectivity index (χ0v) is 18.5. The van der Waals surface area contributed by atoms with E-state index in [1.807, 2.05) is 0 Å². The van der Waals surface area contributed by atoms with E-state index in [2.05, 4.69) is 0 Å². The fraction of sp³-hybridized carbons (Fsp3) is 0.600. The maximum absolute atomic E-state index is 15.7. The van der Waals surface area contributed by atoms with Crippen LogP contribution >= 0.6 is 23.2 Å². The van der Waals surface area contributed by atoms with Crippen molar-refractivity contribution < 1.29 is 33.0 Å². The SMILES string of the molecule is CCOC(=O)C12CN(C(=O)OC(C)(C)C)C(O)C(F)(F)C1(c1ccc(Cl)c(Cl)c1)C2. The summed E-state index contributed by atoms with van der Waals surface area (Å²) in [4.78, 5) is 25.9. The van der Waals surface area contributed by atoms with Crippen LogP contribution in [0, 0.1) is 5.41 Å². The van der Waals surface area contributed by atoms with Crippen molar-refractivity contribution in [1.29, 1.82) is 0 Å². The van der Waals surface area contributed by atoms with Crippen molar-refractivity contribution in [1.82, 2.24) is 4.90 Å². The average Bonchev–Trinajstić information content (AvgIpc) is 3.32. The molecule has 1 amide bonds. The molecule has 1 aliphatic carbocycles. The van der Waals surface area contributed by atoms with Crippen molar-refractivity contribution in [3.05, 3.63) is 33.8 Å². The number of aliphatic hydroxyl groups is 1. The number of amides is 1. The monoisotopic (exact) mass is 465 g/mol. The lowest BCUT2D eigenvalue weighted by Gasteiger charge is -2.45. The number of halogens is 4. The quantitative estimate of drug-likeness (QED) is 0.669. The van der Waals surface area contributed by atoms with Crippen LogP contribution in [-0.4, -0.2) is 53.0 Å². The number of alkyl halides is 2. The Hall–Kier alpha value is -1.64. The Labute approximate surface area is 183 Å². The molecular formula is C20H23Cl2F2NO5. The summed E-state index contributed by atoms with van der Waals surface area (Å²) in [5.41, 5.74) is -4.80. The van der Waals surface area contributed by atoms with Gasteiger partial charge in [0.15, 0.2) is 6.23 Å². The zero-order valence-electron chi connectivity index (χ0n) is 17.0. The van der Waals surface area contributed by atoms with E-state index in [0.717, 1.165) is 0 Å². The Balaban J connectivity index is 2.12. The Morgan fingerprint density at radius 1 is 1.27 bits per heavy atom. The van der Waals surface area contributed by atoms with Crippen molar-refractivity contribution in [2.45, 2.75) is 57.3 Å². The number of fused-ring (bicyclic) bond motifs is 1. The highest BCUT2D eigenvalue weighted by Gasteiger charge is 2.88. The minimum absolute atomic E-state index is 0.0292. The lowest BCUT2D eigenvalue weighted by atomic mass is 9.76. The van der Waals surface area contributed by atoms with Crippen molar-refractivity contribution in [3.63, 3.8) is 0 Å². The first-order valence-corrected chi connectivity index (χ1v) is 10.2. The number of piperidine rings is 1. The van der Waals surface area contributed by atoms with Gasteiger partial charge in [0.05, 0.1) is 22.1 Å². The van der Waals surface area contributed by atoms with E-state index in [1.165, 1.54) is 18.2 Å². The summed E-state index contributed by atoms with van der Waals surface area (Å²) in [6, 6.07) is 3.96. The van der Waals surface area contributed by atoms with Gasteiger partial charge in [0, 0.05) is 6.54 Å². The molecular weight excluding hydrogens is 443 g/mol. The van der Waals surface area contributed by atoms with Crippen LogP contribution in [0.4, 0.5) is 13.6 Å². The standard InChI is InChI=1S/C20H23Cl2F2NO5/c1-5-29-15(27)18-9-19(18,11-6-7-12(21)13(22)8-11)20(23,24)14(26)25(10-18)16(28)30-17(2,3)4/h6-8,14,26H,5,9-10H2,1-4H3. The van der Waals surface area contributed by atoms with Crippen LogP contribution in [0.15, 0.2) is 18.2 Å². The van der Waals surface area contributed by atoms with Gasteiger partial charge in [-0.15, -0.1) is 0 Å².